The zero-order valence-electron chi connectivity index (χ0n) is 17.4. The number of nitrogens with one attached hydrogen (secondary N) is 1. The molecule has 0 atom stereocenters. The van der Waals surface area contributed by atoms with Gasteiger partial charge in [-0.3, -0.25) is 9.52 Å². The second-order valence-electron chi connectivity index (χ2n) is 7.81. The quantitative estimate of drug-likeness (QED) is 0.591. The Morgan fingerprint density at radius 3 is 2.61 bits per heavy atom. The summed E-state index contributed by atoms with van der Waals surface area (Å²) in [5.74, 6) is 1.08. The monoisotopic (exact) mass is 440 g/mol. The lowest BCUT2D eigenvalue weighted by atomic mass is 10.1. The SMILES string of the molecule is CC(C)COc1ccc(S(=O)(=O)Nc2ccc3c(c2)CCN3C(=O)c2ccco2)cc1. The number of furan rings is 1. The second-order valence-corrected chi connectivity index (χ2v) is 9.49. The maximum atomic E-state index is 12.8. The molecule has 31 heavy (non-hydrogen) atoms. The highest BCUT2D eigenvalue weighted by atomic mass is 32.2. The Balaban J connectivity index is 1.48. The minimum Gasteiger partial charge on any atom is -0.493 e. The Hall–Kier alpha value is -3.26. The molecule has 1 aliphatic rings. The minimum atomic E-state index is -3.75. The summed E-state index contributed by atoms with van der Waals surface area (Å²) in [5, 5.41) is 0. The molecule has 4 rings (SSSR count). The standard InChI is InChI=1S/C23H24N2O5S/c1-16(2)15-30-19-6-8-20(9-7-19)31(27,28)24-18-5-10-21-17(14-18)11-12-25(21)23(26)22-4-3-13-29-22/h3-10,13-14,16,24H,11-12,15H2,1-2H3. The Labute approximate surface area is 181 Å². The lowest BCUT2D eigenvalue weighted by Gasteiger charge is -2.16. The molecule has 0 fully saturated rings. The van der Waals surface area contributed by atoms with Crippen molar-refractivity contribution in [3.63, 3.8) is 0 Å². The fourth-order valence-electron chi connectivity index (χ4n) is 3.40. The van der Waals surface area contributed by atoms with Crippen molar-refractivity contribution in [2.24, 2.45) is 5.92 Å². The Morgan fingerprint density at radius 2 is 1.94 bits per heavy atom. The molecule has 3 aromatic rings. The summed E-state index contributed by atoms with van der Waals surface area (Å²) in [6.07, 6.45) is 2.10. The van der Waals surface area contributed by atoms with Crippen LogP contribution in [0.4, 0.5) is 11.4 Å². The van der Waals surface area contributed by atoms with Gasteiger partial charge in [-0.1, -0.05) is 13.8 Å². The molecule has 0 saturated carbocycles. The van der Waals surface area contributed by atoms with E-state index in [1.807, 2.05) is 13.8 Å². The van der Waals surface area contributed by atoms with E-state index in [2.05, 4.69) is 4.72 Å². The maximum Gasteiger partial charge on any atom is 0.293 e. The van der Waals surface area contributed by atoms with Crippen molar-refractivity contribution in [2.45, 2.75) is 25.2 Å². The van der Waals surface area contributed by atoms with Gasteiger partial charge < -0.3 is 14.1 Å². The van der Waals surface area contributed by atoms with Gasteiger partial charge in [0, 0.05) is 17.9 Å². The number of fused-ring (bicyclic) bond motifs is 1. The molecule has 0 saturated heterocycles. The topological polar surface area (TPSA) is 88.9 Å². The van der Waals surface area contributed by atoms with Crippen LogP contribution in [0.2, 0.25) is 0 Å². The first-order valence-electron chi connectivity index (χ1n) is 10.1. The molecule has 2 aromatic carbocycles. The third-order valence-corrected chi connectivity index (χ3v) is 6.32. The average molecular weight is 441 g/mol. The van der Waals surface area contributed by atoms with Crippen LogP contribution in [-0.2, 0) is 16.4 Å². The van der Waals surface area contributed by atoms with Gasteiger partial charge in [0.2, 0.25) is 0 Å². The van der Waals surface area contributed by atoms with Gasteiger partial charge in [0.15, 0.2) is 5.76 Å². The van der Waals surface area contributed by atoms with Gasteiger partial charge in [-0.2, -0.15) is 0 Å². The molecule has 1 aliphatic heterocycles. The van der Waals surface area contributed by atoms with Crippen molar-refractivity contribution < 1.29 is 22.4 Å². The number of rotatable bonds is 7. The number of anilines is 2. The van der Waals surface area contributed by atoms with Crippen molar-refractivity contribution in [3.8, 4) is 5.75 Å². The van der Waals surface area contributed by atoms with E-state index in [1.54, 1.807) is 47.4 Å². The summed E-state index contributed by atoms with van der Waals surface area (Å²) in [6.45, 7) is 5.18. The number of hydrogen-bond donors (Lipinski definition) is 1. The smallest absolute Gasteiger partial charge is 0.293 e. The lowest BCUT2D eigenvalue weighted by Crippen LogP contribution is -2.28. The highest BCUT2D eigenvalue weighted by molar-refractivity contribution is 7.92. The van der Waals surface area contributed by atoms with Gasteiger partial charge in [0.1, 0.15) is 5.75 Å². The zero-order chi connectivity index (χ0) is 22.0. The Bertz CT molecular complexity index is 1170. The number of benzene rings is 2. The second kappa shape index (κ2) is 8.47. The van der Waals surface area contributed by atoms with Crippen molar-refractivity contribution in [1.82, 2.24) is 0 Å². The fraction of sp³-hybridized carbons (Fsp3) is 0.261. The normalized spacial score (nSPS) is 13.3. The van der Waals surface area contributed by atoms with Crippen LogP contribution in [0.1, 0.15) is 30.0 Å². The molecule has 0 bridgehead atoms. The van der Waals surface area contributed by atoms with E-state index < -0.39 is 10.0 Å². The largest absolute Gasteiger partial charge is 0.493 e. The molecule has 7 nitrogen and oxygen atoms in total. The number of carbonyl (C=O) groups is 1. The molecule has 0 aliphatic carbocycles. The first-order valence-corrected chi connectivity index (χ1v) is 11.6. The van der Waals surface area contributed by atoms with Crippen molar-refractivity contribution in [2.75, 3.05) is 22.8 Å². The van der Waals surface area contributed by atoms with Crippen molar-refractivity contribution >= 4 is 27.3 Å². The van der Waals surface area contributed by atoms with Crippen LogP contribution >= 0.6 is 0 Å². The van der Waals surface area contributed by atoms with Crippen LogP contribution in [-0.4, -0.2) is 27.5 Å². The first-order chi connectivity index (χ1) is 14.8. The molecule has 0 spiro atoms. The van der Waals surface area contributed by atoms with Crippen LogP contribution in [0.5, 0.6) is 5.75 Å². The summed E-state index contributed by atoms with van der Waals surface area (Å²) >= 11 is 0. The molecule has 2 heterocycles. The predicted molar refractivity (Wildman–Crippen MR) is 118 cm³/mol. The summed E-state index contributed by atoms with van der Waals surface area (Å²) in [5.41, 5.74) is 2.11. The molecule has 1 aromatic heterocycles. The van der Waals surface area contributed by atoms with E-state index in [9.17, 15) is 13.2 Å². The summed E-state index contributed by atoms with van der Waals surface area (Å²) < 4.78 is 39.0. The highest BCUT2D eigenvalue weighted by Crippen LogP contribution is 2.32. The molecule has 0 unspecified atom stereocenters. The van der Waals surface area contributed by atoms with E-state index in [0.717, 1.165) is 11.3 Å². The minimum absolute atomic E-state index is 0.152. The highest BCUT2D eigenvalue weighted by Gasteiger charge is 2.27. The van der Waals surface area contributed by atoms with E-state index in [0.29, 0.717) is 36.9 Å². The van der Waals surface area contributed by atoms with Gasteiger partial charge in [-0.25, -0.2) is 8.42 Å². The summed E-state index contributed by atoms with van der Waals surface area (Å²) in [4.78, 5) is 14.4. The Kier molecular flexibility index (Phi) is 5.73. The lowest BCUT2D eigenvalue weighted by molar-refractivity contribution is 0.0963. The number of hydrogen-bond acceptors (Lipinski definition) is 5. The number of nitrogens with zero attached hydrogens (tertiary/aromatic N) is 1. The van der Waals surface area contributed by atoms with Crippen LogP contribution in [0.3, 0.4) is 0 Å². The van der Waals surface area contributed by atoms with Crippen molar-refractivity contribution in [1.29, 1.82) is 0 Å². The molecule has 0 radical (unpaired) electrons. The average Bonchev–Trinajstić information content (AvgIpc) is 3.42. The fourth-order valence-corrected chi connectivity index (χ4v) is 4.45. The maximum absolute atomic E-state index is 12.8. The van der Waals surface area contributed by atoms with Crippen LogP contribution in [0, 0.1) is 5.92 Å². The third kappa shape index (κ3) is 4.59. The summed E-state index contributed by atoms with van der Waals surface area (Å²) in [7, 11) is -3.75. The molecule has 162 valence electrons. The van der Waals surface area contributed by atoms with Gasteiger partial charge in [-0.15, -0.1) is 0 Å². The summed E-state index contributed by atoms with van der Waals surface area (Å²) in [6, 6.07) is 14.8. The first kappa shape index (κ1) is 21.0. The van der Waals surface area contributed by atoms with E-state index in [4.69, 9.17) is 9.15 Å². The zero-order valence-corrected chi connectivity index (χ0v) is 18.2. The van der Waals surface area contributed by atoms with E-state index in [1.165, 1.54) is 18.4 Å². The molecule has 1 amide bonds. The Morgan fingerprint density at radius 1 is 1.16 bits per heavy atom. The number of sulfonamides is 1. The van der Waals surface area contributed by atoms with E-state index >= 15 is 0 Å². The number of ether oxygens (including phenoxy) is 1. The molecule has 1 N–H and O–H groups in total. The van der Waals surface area contributed by atoms with Crippen LogP contribution in [0.25, 0.3) is 0 Å². The van der Waals surface area contributed by atoms with Gasteiger partial charge >= 0.3 is 0 Å². The predicted octanol–water partition coefficient (Wildman–Crippen LogP) is 4.32. The van der Waals surface area contributed by atoms with Gasteiger partial charge in [0.25, 0.3) is 15.9 Å². The molecular weight excluding hydrogens is 416 g/mol. The van der Waals surface area contributed by atoms with Crippen LogP contribution in [0.15, 0.2) is 70.2 Å². The number of amides is 1. The number of carbonyl (C=O) groups excluding carboxylic acids is 1. The molecular formula is C23H24N2O5S. The third-order valence-electron chi connectivity index (χ3n) is 4.92. The molecule has 8 heteroatoms. The van der Waals surface area contributed by atoms with Gasteiger partial charge in [-0.05, 0) is 72.5 Å². The van der Waals surface area contributed by atoms with Crippen molar-refractivity contribution in [3.05, 3.63) is 72.2 Å². The van der Waals surface area contributed by atoms with Crippen LogP contribution < -0.4 is 14.4 Å². The van der Waals surface area contributed by atoms with E-state index in [-0.39, 0.29) is 16.6 Å². The van der Waals surface area contributed by atoms with Gasteiger partial charge in [0.05, 0.1) is 17.8 Å².